The Morgan fingerprint density at radius 1 is 0.879 bits per heavy atom. The Labute approximate surface area is 340 Å². The van der Waals surface area contributed by atoms with Crippen LogP contribution in [-0.2, 0) is 32.1 Å². The van der Waals surface area contributed by atoms with Gasteiger partial charge in [-0.05, 0) is 100 Å². The molecule has 0 aliphatic carbocycles. The van der Waals surface area contributed by atoms with Crippen LogP contribution in [0.5, 0.6) is 0 Å². The first-order chi connectivity index (χ1) is 27.6. The molecule has 4 heterocycles. The molecule has 2 aliphatic rings. The van der Waals surface area contributed by atoms with Gasteiger partial charge in [0.2, 0.25) is 17.7 Å². The van der Waals surface area contributed by atoms with Crippen LogP contribution >= 0.6 is 0 Å². The number of hydrogen-bond donors (Lipinski definition) is 3. The molecule has 0 spiro atoms. The molecule has 314 valence electrons. The lowest BCUT2D eigenvalue weighted by Crippen LogP contribution is -2.53. The topological polar surface area (TPSA) is 132 Å². The molecule has 2 saturated heterocycles. The first-order valence-electron chi connectivity index (χ1n) is 21.2. The van der Waals surface area contributed by atoms with E-state index in [0.717, 1.165) is 36.6 Å². The second-order valence-corrected chi connectivity index (χ2v) is 17.3. The van der Waals surface area contributed by atoms with E-state index in [2.05, 4.69) is 15.6 Å². The standard InChI is InChI=1S/C45H61F2N7O4/c1-9-27(6)43(56)51-40(26(4)5)45(58)53-19-11-13-32(53)24-54-38-17-15-30(47)21-37(38)50-42(54)41-35(33-16-14-29(46)20-36(33)49-41)22-31-12-10-18-52(31)44(57)34(25(2)3)23-39(55)28(7)48-8/h14-17,20-21,25-28,31-32,34,40,48-49H,9-13,18-19,22-24H2,1-8H3,(H,51,56). The summed E-state index contributed by atoms with van der Waals surface area (Å²) in [6.07, 6.45) is 4.37. The monoisotopic (exact) mass is 801 g/mol. The molecule has 4 aromatic rings. The molecule has 3 N–H and O–H groups in total. The number of fused-ring (bicyclic) bond motifs is 2. The quantitative estimate of drug-likeness (QED) is 0.112. The number of aromatic nitrogens is 3. The predicted octanol–water partition coefficient (Wildman–Crippen LogP) is 7.01. The molecule has 3 amide bonds. The third kappa shape index (κ3) is 8.84. The number of ketones is 1. The van der Waals surface area contributed by atoms with Gasteiger partial charge in [-0.1, -0.05) is 41.5 Å². The summed E-state index contributed by atoms with van der Waals surface area (Å²) in [7, 11) is 1.74. The summed E-state index contributed by atoms with van der Waals surface area (Å²) in [6.45, 7) is 14.9. The lowest BCUT2D eigenvalue weighted by atomic mass is 9.87. The van der Waals surface area contributed by atoms with E-state index in [1.54, 1.807) is 19.2 Å². The van der Waals surface area contributed by atoms with Crippen molar-refractivity contribution in [2.45, 2.75) is 124 Å². The molecule has 2 aromatic carbocycles. The summed E-state index contributed by atoms with van der Waals surface area (Å²) in [5.74, 6) is -1.45. The number of amides is 3. The zero-order chi connectivity index (χ0) is 42.0. The van der Waals surface area contributed by atoms with E-state index in [0.29, 0.717) is 60.5 Å². The van der Waals surface area contributed by atoms with Crippen LogP contribution in [-0.4, -0.2) is 92.1 Å². The third-order valence-corrected chi connectivity index (χ3v) is 12.7. The second-order valence-electron chi connectivity index (χ2n) is 17.3. The van der Waals surface area contributed by atoms with Crippen molar-refractivity contribution >= 4 is 45.4 Å². The number of likely N-dealkylation sites (N-methyl/N-ethyl adjacent to an activating group) is 1. The van der Waals surface area contributed by atoms with E-state index in [4.69, 9.17) is 4.98 Å². The normalized spacial score (nSPS) is 19.4. The number of H-pyrrole nitrogens is 1. The van der Waals surface area contributed by atoms with Gasteiger partial charge in [-0.3, -0.25) is 19.2 Å². The number of likely N-dealkylation sites (tertiary alicyclic amines) is 2. The van der Waals surface area contributed by atoms with E-state index < -0.39 is 23.6 Å². The van der Waals surface area contributed by atoms with Crippen LogP contribution in [0.4, 0.5) is 8.78 Å². The fourth-order valence-corrected chi connectivity index (χ4v) is 8.76. The van der Waals surface area contributed by atoms with E-state index >= 15 is 0 Å². The summed E-state index contributed by atoms with van der Waals surface area (Å²) in [5.41, 5.74) is 3.22. The van der Waals surface area contributed by atoms with Crippen LogP contribution in [0.3, 0.4) is 0 Å². The summed E-state index contributed by atoms with van der Waals surface area (Å²) in [6, 6.07) is 7.69. The zero-order valence-electron chi connectivity index (χ0n) is 35.3. The number of nitrogens with one attached hydrogen (secondary N) is 3. The molecular formula is C45H61F2N7O4. The molecular weight excluding hydrogens is 741 g/mol. The third-order valence-electron chi connectivity index (χ3n) is 12.7. The van der Waals surface area contributed by atoms with Crippen LogP contribution in [0, 0.1) is 35.3 Å². The van der Waals surface area contributed by atoms with Crippen molar-refractivity contribution in [2.75, 3.05) is 20.1 Å². The average molecular weight is 802 g/mol. The Kier molecular flexibility index (Phi) is 13.4. The molecule has 2 aliphatic heterocycles. The number of carbonyl (C=O) groups is 4. The Balaban J connectivity index is 1.38. The van der Waals surface area contributed by atoms with Gasteiger partial charge >= 0.3 is 0 Å². The van der Waals surface area contributed by atoms with Crippen LogP contribution in [0.2, 0.25) is 0 Å². The van der Waals surface area contributed by atoms with Crippen LogP contribution < -0.4 is 10.6 Å². The van der Waals surface area contributed by atoms with Crippen molar-refractivity contribution in [1.82, 2.24) is 35.0 Å². The molecule has 58 heavy (non-hydrogen) atoms. The number of Topliss-reactive ketones (excluding diaryl/α,β-unsaturated/α-hetero) is 1. The molecule has 0 radical (unpaired) electrons. The van der Waals surface area contributed by atoms with E-state index in [9.17, 15) is 28.0 Å². The predicted molar refractivity (Wildman–Crippen MR) is 223 cm³/mol. The molecule has 6 rings (SSSR count). The van der Waals surface area contributed by atoms with Crippen molar-refractivity contribution < 1.29 is 28.0 Å². The highest BCUT2D eigenvalue weighted by Gasteiger charge is 2.39. The largest absolute Gasteiger partial charge is 0.352 e. The maximum absolute atomic E-state index is 14.8. The van der Waals surface area contributed by atoms with Gasteiger partial charge in [-0.25, -0.2) is 13.8 Å². The number of benzene rings is 2. The molecule has 2 aromatic heterocycles. The summed E-state index contributed by atoms with van der Waals surface area (Å²) >= 11 is 0. The highest BCUT2D eigenvalue weighted by molar-refractivity contribution is 5.93. The Morgan fingerprint density at radius 2 is 1.53 bits per heavy atom. The van der Waals surface area contributed by atoms with Crippen molar-refractivity contribution in [3.8, 4) is 11.5 Å². The zero-order valence-corrected chi connectivity index (χ0v) is 35.3. The Morgan fingerprint density at radius 3 is 2.19 bits per heavy atom. The summed E-state index contributed by atoms with van der Waals surface area (Å²) < 4.78 is 31.6. The van der Waals surface area contributed by atoms with Gasteiger partial charge in [0.25, 0.3) is 0 Å². The van der Waals surface area contributed by atoms with Gasteiger partial charge in [0.1, 0.15) is 23.5 Å². The van der Waals surface area contributed by atoms with Gasteiger partial charge in [0.05, 0.1) is 22.8 Å². The van der Waals surface area contributed by atoms with Gasteiger partial charge in [-0.15, -0.1) is 0 Å². The number of carbonyl (C=O) groups excluding carboxylic acids is 4. The molecule has 11 nitrogen and oxygen atoms in total. The minimum absolute atomic E-state index is 0.000300. The minimum Gasteiger partial charge on any atom is -0.352 e. The van der Waals surface area contributed by atoms with Crippen molar-refractivity contribution in [3.05, 3.63) is 53.6 Å². The first kappa shape index (κ1) is 42.9. The minimum atomic E-state index is -0.678. The summed E-state index contributed by atoms with van der Waals surface area (Å²) in [5, 5.41) is 6.82. The smallest absolute Gasteiger partial charge is 0.245 e. The van der Waals surface area contributed by atoms with Gasteiger partial charge < -0.3 is 30.0 Å². The molecule has 6 atom stereocenters. The highest BCUT2D eigenvalue weighted by atomic mass is 19.1. The average Bonchev–Trinajstić information content (AvgIpc) is 4.00. The number of hydrogen-bond acceptors (Lipinski definition) is 6. The van der Waals surface area contributed by atoms with Crippen LogP contribution in [0.1, 0.15) is 92.6 Å². The van der Waals surface area contributed by atoms with Crippen LogP contribution in [0.15, 0.2) is 36.4 Å². The lowest BCUT2D eigenvalue weighted by molar-refractivity contribution is -0.140. The lowest BCUT2D eigenvalue weighted by Gasteiger charge is -2.32. The molecule has 0 bridgehead atoms. The summed E-state index contributed by atoms with van der Waals surface area (Å²) in [4.78, 5) is 66.9. The number of halogens is 2. The number of rotatable bonds is 16. The van der Waals surface area contributed by atoms with Crippen LogP contribution in [0.25, 0.3) is 33.5 Å². The SMILES string of the molecule is CCC(C)C(=O)NC(C(=O)N1CCCC1Cn1c(-c2[nH]c3cc(F)ccc3c2CC2CCCN2C(=O)C(CC(=O)C(C)NC)C(C)C)nc2cc(F)ccc21)C(C)C. The van der Waals surface area contributed by atoms with Gasteiger partial charge in [0.15, 0.2) is 5.82 Å². The van der Waals surface area contributed by atoms with Crippen molar-refractivity contribution in [3.63, 3.8) is 0 Å². The van der Waals surface area contributed by atoms with Gasteiger partial charge in [-0.2, -0.15) is 0 Å². The fourth-order valence-electron chi connectivity index (χ4n) is 8.76. The second kappa shape index (κ2) is 18.1. The Bertz CT molecular complexity index is 1990. The number of nitrogens with zero attached hydrogens (tertiary/aromatic N) is 4. The van der Waals surface area contributed by atoms with E-state index in [1.165, 1.54) is 24.3 Å². The number of aromatic amines is 1. The van der Waals surface area contributed by atoms with E-state index in [1.807, 2.05) is 62.8 Å². The Hall–Kier alpha value is -4.65. The molecule has 0 saturated carbocycles. The maximum atomic E-state index is 14.8. The van der Waals surface area contributed by atoms with Gasteiger partial charge in [0, 0.05) is 66.9 Å². The highest BCUT2D eigenvalue weighted by Crippen LogP contribution is 2.37. The van der Waals surface area contributed by atoms with Crippen molar-refractivity contribution in [2.24, 2.45) is 23.7 Å². The first-order valence-corrected chi connectivity index (χ1v) is 21.2. The maximum Gasteiger partial charge on any atom is 0.245 e. The van der Waals surface area contributed by atoms with E-state index in [-0.39, 0.29) is 65.8 Å². The molecule has 6 unspecified atom stereocenters. The van der Waals surface area contributed by atoms with Crippen molar-refractivity contribution in [1.29, 1.82) is 0 Å². The molecule has 13 heteroatoms. The molecule has 2 fully saturated rings. The number of imidazole rings is 1. The fraction of sp³-hybridized carbons (Fsp3) is 0.578.